The highest BCUT2D eigenvalue weighted by Crippen LogP contribution is 2.23. The van der Waals surface area contributed by atoms with Crippen LogP contribution in [-0.4, -0.2) is 27.0 Å². The number of aryl methyl sites for hydroxylation is 1. The van der Waals surface area contributed by atoms with Gasteiger partial charge in [0.05, 0.1) is 6.20 Å². The molecule has 0 saturated carbocycles. The summed E-state index contributed by atoms with van der Waals surface area (Å²) in [5.41, 5.74) is 1.29. The van der Waals surface area contributed by atoms with Crippen molar-refractivity contribution in [2.75, 3.05) is 0 Å². The number of Topliss-reactive ketones (excluding diaryl/α,β-unsaturated/α-hetero) is 1. The Morgan fingerprint density at radius 2 is 1.66 bits per heavy atom. The number of rotatable bonds is 8. The molecular weight excluding hydrogens is 412 g/mol. The second kappa shape index (κ2) is 9.57. The van der Waals surface area contributed by atoms with Crippen LogP contribution in [0.4, 0.5) is 4.79 Å². The molecule has 4 aromatic rings. The topological polar surface area (TPSA) is 112 Å². The molecule has 0 unspecified atom stereocenters. The number of benzene rings is 2. The lowest BCUT2D eigenvalue weighted by Gasteiger charge is -2.06. The summed E-state index contributed by atoms with van der Waals surface area (Å²) in [4.78, 5) is 31.2. The number of oxazole rings is 1. The third-order valence-electron chi connectivity index (χ3n) is 4.46. The quantitative estimate of drug-likeness (QED) is 0.292. The monoisotopic (exact) mass is 430 g/mol. The van der Waals surface area contributed by atoms with Crippen LogP contribution in [-0.2, 0) is 6.42 Å². The second-order valence-corrected chi connectivity index (χ2v) is 6.74. The first-order valence-electron chi connectivity index (χ1n) is 9.76. The Balaban J connectivity index is 1.35. The molecule has 2 heterocycles. The minimum absolute atomic E-state index is 0.0320. The fraction of sp³-hybridized carbons (Fsp3) is 0.0833. The molecule has 1 N–H and O–H groups in total. The van der Waals surface area contributed by atoms with Crippen molar-refractivity contribution >= 4 is 11.9 Å². The van der Waals surface area contributed by atoms with E-state index < -0.39 is 6.16 Å². The van der Waals surface area contributed by atoms with Crippen LogP contribution >= 0.6 is 0 Å². The molecule has 0 saturated heterocycles. The van der Waals surface area contributed by atoms with Crippen LogP contribution < -0.4 is 9.47 Å². The van der Waals surface area contributed by atoms with Crippen molar-refractivity contribution in [1.29, 1.82) is 0 Å². The summed E-state index contributed by atoms with van der Waals surface area (Å²) in [5, 5.41) is 8.69. The Morgan fingerprint density at radius 3 is 2.41 bits per heavy atom. The third kappa shape index (κ3) is 5.37. The minimum atomic E-state index is -1.47. The number of carboxylic acid groups (broad SMARTS) is 1. The average molecular weight is 430 g/mol. The molecule has 0 radical (unpaired) electrons. The summed E-state index contributed by atoms with van der Waals surface area (Å²) in [6, 6.07) is 21.6. The zero-order valence-electron chi connectivity index (χ0n) is 16.8. The second-order valence-electron chi connectivity index (χ2n) is 6.74. The number of pyridine rings is 1. The van der Waals surface area contributed by atoms with Crippen molar-refractivity contribution in [2.45, 2.75) is 12.8 Å². The highest BCUT2D eigenvalue weighted by molar-refractivity contribution is 5.92. The van der Waals surface area contributed by atoms with Crippen LogP contribution in [0.5, 0.6) is 17.4 Å². The fourth-order valence-electron chi connectivity index (χ4n) is 2.93. The van der Waals surface area contributed by atoms with Crippen LogP contribution in [0.1, 0.15) is 22.7 Å². The predicted molar refractivity (Wildman–Crippen MR) is 114 cm³/mol. The molecule has 2 aromatic carbocycles. The molecule has 0 amide bonds. The lowest BCUT2D eigenvalue weighted by Crippen LogP contribution is -2.04. The van der Waals surface area contributed by atoms with Crippen LogP contribution in [0.25, 0.3) is 11.5 Å². The van der Waals surface area contributed by atoms with Gasteiger partial charge < -0.3 is 19.0 Å². The number of carbonyl (C=O) groups excluding carboxylic acids is 1. The maximum Gasteiger partial charge on any atom is 0.512 e. The number of para-hydroxylation sites is 1. The Kier molecular flexibility index (Phi) is 6.22. The SMILES string of the molecule is O=C(O)Oc1cccc(-c2cnc(C(=O)CCc3ccc(Oc4ccccc4)cc3)o2)n1. The van der Waals surface area contributed by atoms with Gasteiger partial charge in [-0.1, -0.05) is 36.4 Å². The molecule has 8 nitrogen and oxygen atoms in total. The van der Waals surface area contributed by atoms with Gasteiger partial charge in [-0.2, -0.15) is 0 Å². The van der Waals surface area contributed by atoms with Gasteiger partial charge in [0.1, 0.15) is 17.2 Å². The van der Waals surface area contributed by atoms with Crippen molar-refractivity contribution in [3.63, 3.8) is 0 Å². The average Bonchev–Trinajstić information content (AvgIpc) is 3.29. The Bertz CT molecular complexity index is 1220. The number of hydrogen-bond donors (Lipinski definition) is 1. The summed E-state index contributed by atoms with van der Waals surface area (Å²) in [6.07, 6.45) is 0.634. The molecule has 2 aromatic heterocycles. The first kappa shape index (κ1) is 20.8. The zero-order valence-corrected chi connectivity index (χ0v) is 16.8. The zero-order chi connectivity index (χ0) is 22.3. The van der Waals surface area contributed by atoms with Crippen molar-refractivity contribution < 1.29 is 28.6 Å². The molecule has 0 aliphatic carbocycles. The summed E-state index contributed by atoms with van der Waals surface area (Å²) in [7, 11) is 0. The van der Waals surface area contributed by atoms with Crippen molar-refractivity contribution in [1.82, 2.24) is 9.97 Å². The molecule has 0 aliphatic rings. The van der Waals surface area contributed by atoms with E-state index in [4.69, 9.17) is 14.3 Å². The van der Waals surface area contributed by atoms with Crippen molar-refractivity contribution in [3.05, 3.63) is 90.4 Å². The summed E-state index contributed by atoms with van der Waals surface area (Å²) in [5.74, 6) is 1.33. The number of carbonyl (C=O) groups is 2. The van der Waals surface area contributed by atoms with Gasteiger partial charge in [-0.25, -0.2) is 14.8 Å². The van der Waals surface area contributed by atoms with Gasteiger partial charge in [-0.15, -0.1) is 0 Å². The van der Waals surface area contributed by atoms with E-state index in [2.05, 4.69) is 14.7 Å². The van der Waals surface area contributed by atoms with Gasteiger partial charge in [0, 0.05) is 12.5 Å². The summed E-state index contributed by atoms with van der Waals surface area (Å²) >= 11 is 0. The largest absolute Gasteiger partial charge is 0.512 e. The van der Waals surface area contributed by atoms with Crippen LogP contribution in [0.15, 0.2) is 83.4 Å². The predicted octanol–water partition coefficient (Wildman–Crippen LogP) is 5.40. The molecular formula is C24H18N2O6. The highest BCUT2D eigenvalue weighted by atomic mass is 16.7. The lowest BCUT2D eigenvalue weighted by atomic mass is 10.1. The van der Waals surface area contributed by atoms with E-state index in [0.29, 0.717) is 17.9 Å². The summed E-state index contributed by atoms with van der Waals surface area (Å²) < 4.78 is 15.8. The van der Waals surface area contributed by atoms with E-state index in [0.717, 1.165) is 11.3 Å². The van der Waals surface area contributed by atoms with E-state index >= 15 is 0 Å². The van der Waals surface area contributed by atoms with E-state index in [-0.39, 0.29) is 29.7 Å². The first-order valence-corrected chi connectivity index (χ1v) is 9.76. The minimum Gasteiger partial charge on any atom is -0.457 e. The fourth-order valence-corrected chi connectivity index (χ4v) is 2.93. The highest BCUT2D eigenvalue weighted by Gasteiger charge is 2.16. The molecule has 0 spiro atoms. The molecule has 4 rings (SSSR count). The number of ether oxygens (including phenoxy) is 2. The Hall–Kier alpha value is -4.46. The number of nitrogens with zero attached hydrogens (tertiary/aromatic N) is 2. The molecule has 8 heteroatoms. The molecule has 0 aliphatic heterocycles. The van der Waals surface area contributed by atoms with E-state index in [1.807, 2.05) is 54.6 Å². The van der Waals surface area contributed by atoms with Gasteiger partial charge in [0.15, 0.2) is 5.76 Å². The van der Waals surface area contributed by atoms with Gasteiger partial charge in [0.2, 0.25) is 11.7 Å². The smallest absolute Gasteiger partial charge is 0.457 e. The van der Waals surface area contributed by atoms with E-state index in [9.17, 15) is 9.59 Å². The molecule has 160 valence electrons. The van der Waals surface area contributed by atoms with Gasteiger partial charge in [-0.05, 0) is 42.3 Å². The standard InChI is InChI=1S/C24H18N2O6/c27-20(14-11-16-9-12-18(13-10-16)30-17-5-2-1-3-6-17)23-25-15-21(31-23)19-7-4-8-22(26-19)32-24(28)29/h1-10,12-13,15H,11,14H2,(H,28,29). The maximum absolute atomic E-state index is 12.5. The van der Waals surface area contributed by atoms with Gasteiger partial charge in [-0.3, -0.25) is 4.79 Å². The van der Waals surface area contributed by atoms with E-state index in [1.165, 1.54) is 12.3 Å². The molecule has 0 fully saturated rings. The summed E-state index contributed by atoms with van der Waals surface area (Å²) in [6.45, 7) is 0. The third-order valence-corrected chi connectivity index (χ3v) is 4.46. The number of hydrogen-bond acceptors (Lipinski definition) is 7. The normalized spacial score (nSPS) is 10.5. The van der Waals surface area contributed by atoms with Crippen molar-refractivity contribution in [3.8, 4) is 28.8 Å². The van der Waals surface area contributed by atoms with Crippen LogP contribution in [0.3, 0.4) is 0 Å². The molecule has 0 bridgehead atoms. The molecule has 32 heavy (non-hydrogen) atoms. The number of ketones is 1. The van der Waals surface area contributed by atoms with Crippen LogP contribution in [0.2, 0.25) is 0 Å². The maximum atomic E-state index is 12.5. The Morgan fingerprint density at radius 1 is 0.906 bits per heavy atom. The van der Waals surface area contributed by atoms with Gasteiger partial charge in [0.25, 0.3) is 5.89 Å². The Labute approximate surface area is 183 Å². The number of aromatic nitrogens is 2. The lowest BCUT2D eigenvalue weighted by molar-refractivity contribution is 0.0950. The van der Waals surface area contributed by atoms with Gasteiger partial charge >= 0.3 is 6.16 Å². The molecule has 0 atom stereocenters. The van der Waals surface area contributed by atoms with Crippen LogP contribution in [0, 0.1) is 0 Å². The van der Waals surface area contributed by atoms with E-state index in [1.54, 1.807) is 12.1 Å². The first-order chi connectivity index (χ1) is 15.6. The van der Waals surface area contributed by atoms with Crippen molar-refractivity contribution in [2.24, 2.45) is 0 Å².